The smallest absolute Gasteiger partial charge is 0.277 e. The summed E-state index contributed by atoms with van der Waals surface area (Å²) in [4.78, 5) is 21.3. The van der Waals surface area contributed by atoms with Gasteiger partial charge >= 0.3 is 0 Å². The van der Waals surface area contributed by atoms with Crippen LogP contribution in [0.1, 0.15) is 40.3 Å². The SMILES string of the molecule is C=CCC[C@H](O)CN1CCN(Cc2nc(C(=O)Nc3ccc(C)c(C)c3)co2)CC1. The van der Waals surface area contributed by atoms with Gasteiger partial charge in [0.05, 0.1) is 12.6 Å². The molecule has 2 N–H and O–H groups in total. The number of benzene rings is 1. The van der Waals surface area contributed by atoms with E-state index >= 15 is 0 Å². The topological polar surface area (TPSA) is 81.8 Å². The molecule has 2 heterocycles. The van der Waals surface area contributed by atoms with Crippen molar-refractivity contribution in [1.82, 2.24) is 14.8 Å². The van der Waals surface area contributed by atoms with Crippen LogP contribution >= 0.6 is 0 Å². The van der Waals surface area contributed by atoms with Gasteiger partial charge in [-0.05, 0) is 49.9 Å². The maximum atomic E-state index is 12.5. The van der Waals surface area contributed by atoms with Crippen LogP contribution in [0.25, 0.3) is 0 Å². The molecule has 7 nitrogen and oxygen atoms in total. The number of anilines is 1. The van der Waals surface area contributed by atoms with Crippen molar-refractivity contribution in [2.75, 3.05) is 38.0 Å². The molecule has 0 unspecified atom stereocenters. The highest BCUT2D eigenvalue weighted by molar-refractivity contribution is 6.02. The van der Waals surface area contributed by atoms with E-state index in [1.807, 2.05) is 38.1 Å². The first kappa shape index (κ1) is 22.2. The summed E-state index contributed by atoms with van der Waals surface area (Å²) in [5.41, 5.74) is 3.34. The third kappa shape index (κ3) is 6.26. The Bertz CT molecular complexity index is 856. The quantitative estimate of drug-likeness (QED) is 0.616. The molecular formula is C23H32N4O3. The lowest BCUT2D eigenvalue weighted by molar-refractivity contribution is 0.0642. The average Bonchev–Trinajstić information content (AvgIpc) is 3.19. The Kier molecular flexibility index (Phi) is 7.79. The molecule has 1 aromatic carbocycles. The van der Waals surface area contributed by atoms with E-state index in [4.69, 9.17) is 4.42 Å². The van der Waals surface area contributed by atoms with Gasteiger partial charge in [-0.25, -0.2) is 4.98 Å². The van der Waals surface area contributed by atoms with Crippen molar-refractivity contribution in [2.45, 2.75) is 39.3 Å². The van der Waals surface area contributed by atoms with Gasteiger partial charge < -0.3 is 14.8 Å². The van der Waals surface area contributed by atoms with Crippen molar-refractivity contribution in [3.8, 4) is 0 Å². The van der Waals surface area contributed by atoms with Gasteiger partial charge in [-0.15, -0.1) is 6.58 Å². The highest BCUT2D eigenvalue weighted by atomic mass is 16.3. The number of aryl methyl sites for hydroxylation is 2. The number of aromatic nitrogens is 1. The summed E-state index contributed by atoms with van der Waals surface area (Å²) in [5.74, 6) is 0.270. The summed E-state index contributed by atoms with van der Waals surface area (Å²) in [6.45, 7) is 12.6. The van der Waals surface area contributed by atoms with Gasteiger partial charge in [0.2, 0.25) is 5.89 Å². The van der Waals surface area contributed by atoms with Crippen LogP contribution in [0.2, 0.25) is 0 Å². The Morgan fingerprint density at radius 3 is 2.70 bits per heavy atom. The largest absolute Gasteiger partial charge is 0.447 e. The van der Waals surface area contributed by atoms with Crippen LogP contribution in [0.5, 0.6) is 0 Å². The number of oxazole rings is 1. The molecule has 1 aliphatic heterocycles. The molecule has 3 rings (SSSR count). The maximum absolute atomic E-state index is 12.5. The van der Waals surface area contributed by atoms with Crippen LogP contribution < -0.4 is 5.32 Å². The van der Waals surface area contributed by atoms with Crippen LogP contribution in [-0.4, -0.2) is 64.6 Å². The molecule has 1 aliphatic rings. The molecule has 162 valence electrons. The summed E-state index contributed by atoms with van der Waals surface area (Å²) in [7, 11) is 0. The zero-order valence-corrected chi connectivity index (χ0v) is 17.9. The first-order valence-corrected chi connectivity index (χ1v) is 10.5. The fourth-order valence-corrected chi connectivity index (χ4v) is 3.52. The van der Waals surface area contributed by atoms with Crippen LogP contribution in [0.4, 0.5) is 5.69 Å². The Balaban J connectivity index is 1.46. The monoisotopic (exact) mass is 412 g/mol. The van der Waals surface area contributed by atoms with Gasteiger partial charge in [0.25, 0.3) is 5.91 Å². The third-order valence-electron chi connectivity index (χ3n) is 5.55. The number of rotatable bonds is 9. The molecule has 0 spiro atoms. The minimum absolute atomic E-state index is 0.272. The molecule has 2 aromatic rings. The van der Waals surface area contributed by atoms with Crippen molar-refractivity contribution < 1.29 is 14.3 Å². The molecule has 0 bridgehead atoms. The fraction of sp³-hybridized carbons (Fsp3) is 0.478. The predicted molar refractivity (Wildman–Crippen MR) is 118 cm³/mol. The number of carbonyl (C=O) groups is 1. The number of aliphatic hydroxyl groups excluding tert-OH is 1. The second kappa shape index (κ2) is 10.5. The molecule has 1 aromatic heterocycles. The fourth-order valence-electron chi connectivity index (χ4n) is 3.52. The minimum Gasteiger partial charge on any atom is -0.447 e. The molecule has 0 aliphatic carbocycles. The molecule has 0 radical (unpaired) electrons. The average molecular weight is 413 g/mol. The van der Waals surface area contributed by atoms with Gasteiger partial charge in [0, 0.05) is 38.4 Å². The van der Waals surface area contributed by atoms with E-state index in [1.165, 1.54) is 11.8 Å². The molecule has 1 saturated heterocycles. The second-order valence-corrected chi connectivity index (χ2v) is 7.98. The van der Waals surface area contributed by atoms with Crippen molar-refractivity contribution in [3.63, 3.8) is 0 Å². The second-order valence-electron chi connectivity index (χ2n) is 7.98. The van der Waals surface area contributed by atoms with Gasteiger partial charge in [0.15, 0.2) is 5.69 Å². The Morgan fingerprint density at radius 2 is 2.00 bits per heavy atom. The first-order valence-electron chi connectivity index (χ1n) is 10.5. The molecule has 1 atom stereocenters. The van der Waals surface area contributed by atoms with Crippen LogP contribution in [0, 0.1) is 13.8 Å². The summed E-state index contributed by atoms with van der Waals surface area (Å²) in [6, 6.07) is 5.81. The summed E-state index contributed by atoms with van der Waals surface area (Å²) in [5, 5.41) is 12.9. The minimum atomic E-state index is -0.306. The maximum Gasteiger partial charge on any atom is 0.277 e. The Labute approximate surface area is 178 Å². The molecule has 30 heavy (non-hydrogen) atoms. The normalized spacial score (nSPS) is 16.4. The van der Waals surface area contributed by atoms with E-state index in [9.17, 15) is 9.90 Å². The number of amides is 1. The molecule has 1 fully saturated rings. The number of nitrogens with zero attached hydrogens (tertiary/aromatic N) is 3. The van der Waals surface area contributed by atoms with Crippen molar-refractivity contribution >= 4 is 11.6 Å². The summed E-state index contributed by atoms with van der Waals surface area (Å²) >= 11 is 0. The number of carbonyl (C=O) groups excluding carboxylic acids is 1. The van der Waals surface area contributed by atoms with E-state index in [0.717, 1.165) is 50.3 Å². The van der Waals surface area contributed by atoms with E-state index in [1.54, 1.807) is 0 Å². The number of hydrogen-bond donors (Lipinski definition) is 2. The lowest BCUT2D eigenvalue weighted by Gasteiger charge is -2.34. The number of hydrogen-bond acceptors (Lipinski definition) is 6. The first-order chi connectivity index (χ1) is 14.4. The lowest BCUT2D eigenvalue weighted by Crippen LogP contribution is -2.48. The lowest BCUT2D eigenvalue weighted by atomic mass is 10.1. The molecular weight excluding hydrogens is 380 g/mol. The van der Waals surface area contributed by atoms with E-state index in [-0.39, 0.29) is 17.7 Å². The number of nitrogens with one attached hydrogen (secondary N) is 1. The zero-order chi connectivity index (χ0) is 21.5. The highest BCUT2D eigenvalue weighted by Crippen LogP contribution is 2.16. The summed E-state index contributed by atoms with van der Waals surface area (Å²) in [6.07, 6.45) is 4.54. The van der Waals surface area contributed by atoms with Gasteiger partial charge in [-0.2, -0.15) is 0 Å². The van der Waals surface area contributed by atoms with E-state index < -0.39 is 0 Å². The molecule has 7 heteroatoms. The van der Waals surface area contributed by atoms with Gasteiger partial charge in [-0.1, -0.05) is 12.1 Å². The summed E-state index contributed by atoms with van der Waals surface area (Å²) < 4.78 is 5.53. The Morgan fingerprint density at radius 1 is 1.27 bits per heavy atom. The van der Waals surface area contributed by atoms with E-state index in [2.05, 4.69) is 26.7 Å². The van der Waals surface area contributed by atoms with Crippen molar-refractivity contribution in [3.05, 3.63) is 59.8 Å². The number of allylic oxidation sites excluding steroid dienone is 1. The number of β-amino-alcohol motifs (C(OH)–C–C–N with tert-alkyl or cyclic N) is 1. The van der Waals surface area contributed by atoms with Crippen LogP contribution in [0.15, 0.2) is 41.5 Å². The standard InChI is InChI=1S/C23H32N4O3/c1-4-5-6-20(28)14-26-9-11-27(12-10-26)15-22-25-21(16-30-22)23(29)24-19-8-7-17(2)18(3)13-19/h4,7-8,13,16,20,28H,1,5-6,9-12,14-15H2,2-3H3,(H,24,29)/t20-/m0/s1. The third-order valence-corrected chi connectivity index (χ3v) is 5.55. The molecule has 1 amide bonds. The predicted octanol–water partition coefficient (Wildman–Crippen LogP) is 2.99. The molecule has 0 saturated carbocycles. The van der Waals surface area contributed by atoms with Crippen molar-refractivity contribution in [1.29, 1.82) is 0 Å². The van der Waals surface area contributed by atoms with Crippen molar-refractivity contribution in [2.24, 2.45) is 0 Å². The van der Waals surface area contributed by atoms with Crippen LogP contribution in [-0.2, 0) is 6.54 Å². The van der Waals surface area contributed by atoms with Gasteiger partial charge in [0.1, 0.15) is 6.26 Å². The van der Waals surface area contributed by atoms with E-state index in [0.29, 0.717) is 19.0 Å². The highest BCUT2D eigenvalue weighted by Gasteiger charge is 2.21. The Hall–Kier alpha value is -2.48. The van der Waals surface area contributed by atoms with Gasteiger partial charge in [-0.3, -0.25) is 14.6 Å². The number of piperazine rings is 1. The number of aliphatic hydroxyl groups is 1. The zero-order valence-electron chi connectivity index (χ0n) is 17.9. The van der Waals surface area contributed by atoms with Crippen LogP contribution in [0.3, 0.4) is 0 Å².